The van der Waals surface area contributed by atoms with E-state index in [-0.39, 0.29) is 18.4 Å². The van der Waals surface area contributed by atoms with Crippen LogP contribution in [0.25, 0.3) is 0 Å². The number of hydrogen-bond acceptors (Lipinski definition) is 6. The van der Waals surface area contributed by atoms with Gasteiger partial charge in [0, 0.05) is 33.4 Å². The lowest BCUT2D eigenvalue weighted by Crippen LogP contribution is -2.30. The number of carbonyl (C=O) groups is 2. The number of unbranched alkanes of at least 4 members (excludes halogenated alkanes) is 2. The van der Waals surface area contributed by atoms with Gasteiger partial charge >= 0.3 is 0 Å². The third-order valence-electron chi connectivity index (χ3n) is 2.77. The number of rotatable bonds is 16. The molecular weight excluding hydrogens is 320 g/mol. The molecule has 136 valence electrons. The first-order valence-corrected chi connectivity index (χ1v) is 9.26. The summed E-state index contributed by atoms with van der Waals surface area (Å²) in [7, 11) is 1.49. The molecule has 0 bridgehead atoms. The first-order chi connectivity index (χ1) is 11.2. The van der Waals surface area contributed by atoms with Gasteiger partial charge in [-0.1, -0.05) is 0 Å². The van der Waals surface area contributed by atoms with Gasteiger partial charge in [0.15, 0.2) is 0 Å². The molecule has 0 rings (SSSR count). The van der Waals surface area contributed by atoms with Crippen LogP contribution in [0, 0.1) is 0 Å². The Hall–Kier alpha value is -0.830. The third-order valence-corrected chi connectivity index (χ3v) is 3.32. The highest BCUT2D eigenvalue weighted by atomic mass is 32.2. The molecule has 0 spiro atoms. The summed E-state index contributed by atoms with van der Waals surface area (Å²) >= 11 is 1.51. The lowest BCUT2D eigenvalue weighted by Gasteiger charge is -2.07. The number of methoxy groups -OCH3 is 1. The zero-order chi connectivity index (χ0) is 17.2. The van der Waals surface area contributed by atoms with E-state index in [1.54, 1.807) is 0 Å². The van der Waals surface area contributed by atoms with Crippen LogP contribution in [0.15, 0.2) is 0 Å². The normalized spacial score (nSPS) is 10.5. The average Bonchev–Trinajstić information content (AvgIpc) is 2.52. The maximum Gasteiger partial charge on any atom is 0.246 e. The van der Waals surface area contributed by atoms with Crippen molar-refractivity contribution in [3.8, 4) is 0 Å². The minimum absolute atomic E-state index is 0.0525. The van der Waals surface area contributed by atoms with Crippen LogP contribution in [-0.2, 0) is 23.8 Å². The average molecular weight is 350 g/mol. The second-order valence-corrected chi connectivity index (χ2v) is 5.72. The molecule has 2 amide bonds. The first-order valence-electron chi connectivity index (χ1n) is 7.87. The van der Waals surface area contributed by atoms with Crippen molar-refractivity contribution < 1.29 is 23.8 Å². The molecule has 23 heavy (non-hydrogen) atoms. The van der Waals surface area contributed by atoms with Gasteiger partial charge in [0.05, 0.1) is 19.0 Å². The van der Waals surface area contributed by atoms with E-state index in [9.17, 15) is 9.59 Å². The lowest BCUT2D eigenvalue weighted by molar-refractivity contribution is -0.125. The predicted octanol–water partition coefficient (Wildman–Crippen LogP) is 0.432. The van der Waals surface area contributed by atoms with Crippen molar-refractivity contribution in [3.63, 3.8) is 0 Å². The maximum atomic E-state index is 11.2. The summed E-state index contributed by atoms with van der Waals surface area (Å²) in [5.41, 5.74) is 0. The van der Waals surface area contributed by atoms with Crippen LogP contribution in [0.5, 0.6) is 0 Å². The molecular formula is C15H30N2O5S. The molecule has 0 atom stereocenters. The Labute approximate surface area is 143 Å². The van der Waals surface area contributed by atoms with Gasteiger partial charge in [-0.25, -0.2) is 0 Å². The fourth-order valence-electron chi connectivity index (χ4n) is 1.68. The van der Waals surface area contributed by atoms with Crippen molar-refractivity contribution in [2.24, 2.45) is 0 Å². The highest BCUT2D eigenvalue weighted by Crippen LogP contribution is 1.96. The molecule has 0 saturated carbocycles. The van der Waals surface area contributed by atoms with Gasteiger partial charge < -0.3 is 24.8 Å². The van der Waals surface area contributed by atoms with Gasteiger partial charge in [0.1, 0.15) is 6.61 Å². The van der Waals surface area contributed by atoms with Crippen molar-refractivity contribution >= 4 is 23.6 Å². The summed E-state index contributed by atoms with van der Waals surface area (Å²) in [6.45, 7) is 3.61. The molecule has 0 aliphatic carbocycles. The minimum atomic E-state index is -0.127. The van der Waals surface area contributed by atoms with Crippen LogP contribution in [0.2, 0.25) is 0 Å². The molecule has 0 unspecified atom stereocenters. The smallest absolute Gasteiger partial charge is 0.246 e. The Kier molecular flexibility index (Phi) is 16.9. The van der Waals surface area contributed by atoms with Crippen LogP contribution in [-0.4, -0.2) is 77.1 Å². The van der Waals surface area contributed by atoms with Crippen molar-refractivity contribution in [3.05, 3.63) is 0 Å². The van der Waals surface area contributed by atoms with Crippen LogP contribution in [0.4, 0.5) is 0 Å². The fraction of sp³-hybridized carbons (Fsp3) is 0.867. The van der Waals surface area contributed by atoms with E-state index in [2.05, 4.69) is 10.6 Å². The Morgan fingerprint density at radius 1 is 0.870 bits per heavy atom. The Morgan fingerprint density at radius 3 is 1.96 bits per heavy atom. The molecule has 0 fully saturated rings. The van der Waals surface area contributed by atoms with Crippen LogP contribution in [0.3, 0.4) is 0 Å². The summed E-state index contributed by atoms with van der Waals surface area (Å²) in [5, 5.41) is 5.48. The Bertz CT molecular complexity index is 278. The number of carbonyl (C=O) groups excluding carboxylic acids is 2. The largest absolute Gasteiger partial charge is 0.380 e. The van der Waals surface area contributed by atoms with Gasteiger partial charge in [-0.05, 0) is 25.5 Å². The molecule has 2 N–H and O–H groups in total. The SMILES string of the molecule is COCC(=O)NCCOCCCCCOCCNC(=O)CSC. The summed E-state index contributed by atoms with van der Waals surface area (Å²) in [6.07, 6.45) is 4.89. The lowest BCUT2D eigenvalue weighted by atomic mass is 10.2. The fourth-order valence-corrected chi connectivity index (χ4v) is 2.04. The number of hydrogen-bond donors (Lipinski definition) is 2. The number of thioether (sulfide) groups is 1. The van der Waals surface area contributed by atoms with Gasteiger partial charge in [-0.2, -0.15) is 11.8 Å². The Morgan fingerprint density at radius 2 is 1.43 bits per heavy atom. The summed E-state index contributed by atoms with van der Waals surface area (Å²) in [4.78, 5) is 22.2. The van der Waals surface area contributed by atoms with E-state index in [1.165, 1.54) is 18.9 Å². The zero-order valence-corrected chi connectivity index (χ0v) is 15.0. The van der Waals surface area contributed by atoms with Crippen LogP contribution < -0.4 is 10.6 Å². The molecule has 0 aromatic heterocycles. The maximum absolute atomic E-state index is 11.2. The quantitative estimate of drug-likeness (QED) is 0.393. The number of nitrogens with one attached hydrogen (secondary N) is 2. The zero-order valence-electron chi connectivity index (χ0n) is 14.2. The molecule has 0 aromatic rings. The standard InChI is InChI=1S/C15H30N2O5S/c1-20-12-14(18)16-6-10-21-8-4-3-5-9-22-11-7-17-15(19)13-23-2/h3-13H2,1-2H3,(H,16,18)(H,17,19). The third kappa shape index (κ3) is 17.4. The van der Waals surface area contributed by atoms with Gasteiger partial charge in [0.2, 0.25) is 11.8 Å². The van der Waals surface area contributed by atoms with Gasteiger partial charge in [-0.3, -0.25) is 9.59 Å². The molecule has 0 heterocycles. The minimum Gasteiger partial charge on any atom is -0.380 e. The topological polar surface area (TPSA) is 85.9 Å². The van der Waals surface area contributed by atoms with E-state index in [1.807, 2.05) is 6.26 Å². The second-order valence-electron chi connectivity index (χ2n) is 4.85. The molecule has 0 radical (unpaired) electrons. The van der Waals surface area contributed by atoms with Crippen molar-refractivity contribution in [1.29, 1.82) is 0 Å². The number of ether oxygens (including phenoxy) is 3. The highest BCUT2D eigenvalue weighted by molar-refractivity contribution is 7.99. The molecule has 0 aromatic carbocycles. The second kappa shape index (κ2) is 17.5. The molecule has 7 nitrogen and oxygen atoms in total. The summed E-state index contributed by atoms with van der Waals surface area (Å²) < 4.78 is 15.5. The van der Waals surface area contributed by atoms with Crippen LogP contribution >= 0.6 is 11.8 Å². The monoisotopic (exact) mass is 350 g/mol. The van der Waals surface area contributed by atoms with E-state index >= 15 is 0 Å². The number of amides is 2. The summed E-state index contributed by atoms with van der Waals surface area (Å²) in [6, 6.07) is 0. The van der Waals surface area contributed by atoms with Crippen molar-refractivity contribution in [1.82, 2.24) is 10.6 Å². The molecule has 8 heteroatoms. The summed E-state index contributed by atoms with van der Waals surface area (Å²) in [5.74, 6) is 0.422. The van der Waals surface area contributed by atoms with Gasteiger partial charge in [0.25, 0.3) is 0 Å². The molecule has 0 aliphatic rings. The molecule has 0 aliphatic heterocycles. The van der Waals surface area contributed by atoms with E-state index < -0.39 is 0 Å². The van der Waals surface area contributed by atoms with E-state index in [4.69, 9.17) is 14.2 Å². The van der Waals surface area contributed by atoms with Crippen molar-refractivity contribution in [2.45, 2.75) is 19.3 Å². The van der Waals surface area contributed by atoms with E-state index in [0.29, 0.717) is 45.3 Å². The van der Waals surface area contributed by atoms with Gasteiger partial charge in [-0.15, -0.1) is 0 Å². The van der Waals surface area contributed by atoms with Crippen molar-refractivity contribution in [2.75, 3.05) is 65.2 Å². The highest BCUT2D eigenvalue weighted by Gasteiger charge is 1.99. The molecule has 0 saturated heterocycles. The Balaban J connectivity index is 3.11. The predicted molar refractivity (Wildman–Crippen MR) is 91.8 cm³/mol. The van der Waals surface area contributed by atoms with E-state index in [0.717, 1.165) is 19.3 Å². The van der Waals surface area contributed by atoms with Crippen LogP contribution in [0.1, 0.15) is 19.3 Å². The first kappa shape index (κ1) is 22.2.